The molecule has 1 N–H and O–H groups in total. The molecule has 1 aliphatic rings. The van der Waals surface area contributed by atoms with E-state index in [-0.39, 0.29) is 48.9 Å². The van der Waals surface area contributed by atoms with Gasteiger partial charge in [-0.25, -0.2) is 9.59 Å². The van der Waals surface area contributed by atoms with Gasteiger partial charge in [-0.2, -0.15) is 5.26 Å². The van der Waals surface area contributed by atoms with Crippen molar-refractivity contribution in [2.45, 2.75) is 25.7 Å². The number of benzene rings is 1. The van der Waals surface area contributed by atoms with Crippen molar-refractivity contribution in [1.29, 1.82) is 5.26 Å². The zero-order chi connectivity index (χ0) is 25.3. The third-order valence-corrected chi connectivity index (χ3v) is 4.99. The molecule has 2 rings (SSSR count). The van der Waals surface area contributed by atoms with Crippen LogP contribution in [0.1, 0.15) is 31.2 Å². The van der Waals surface area contributed by atoms with Gasteiger partial charge in [0.05, 0.1) is 42.1 Å². The van der Waals surface area contributed by atoms with E-state index in [0.717, 1.165) is 0 Å². The van der Waals surface area contributed by atoms with Gasteiger partial charge in [-0.05, 0) is 17.5 Å². The highest BCUT2D eigenvalue weighted by Crippen LogP contribution is 2.43. The molecule has 1 aromatic rings. The Kier molecular flexibility index (Phi) is 8.99. The predicted molar refractivity (Wildman–Crippen MR) is 117 cm³/mol. The maximum absolute atomic E-state index is 13.1. The van der Waals surface area contributed by atoms with Crippen LogP contribution in [0.4, 0.5) is 5.69 Å². The molecular formula is C21H22N6O7. The van der Waals surface area contributed by atoms with Gasteiger partial charge in [-0.1, -0.05) is 24.2 Å². The van der Waals surface area contributed by atoms with Gasteiger partial charge in [0.1, 0.15) is 12.2 Å². The van der Waals surface area contributed by atoms with Gasteiger partial charge in [0.25, 0.3) is 5.69 Å². The molecule has 0 radical (unpaired) electrons. The van der Waals surface area contributed by atoms with E-state index in [4.69, 9.17) is 20.3 Å². The quantitative estimate of drug-likeness (QED) is 0.0959. The average Bonchev–Trinajstić information content (AvgIpc) is 2.81. The van der Waals surface area contributed by atoms with Gasteiger partial charge in [0.2, 0.25) is 5.88 Å². The van der Waals surface area contributed by atoms with Gasteiger partial charge in [-0.3, -0.25) is 10.1 Å². The first-order chi connectivity index (χ1) is 16.3. The Morgan fingerprint density at radius 3 is 2.53 bits per heavy atom. The monoisotopic (exact) mass is 470 g/mol. The van der Waals surface area contributed by atoms with Crippen LogP contribution < -0.4 is 0 Å². The highest BCUT2D eigenvalue weighted by molar-refractivity contribution is 5.99. The van der Waals surface area contributed by atoms with Crippen LogP contribution in [0.25, 0.3) is 10.4 Å². The van der Waals surface area contributed by atoms with Crippen molar-refractivity contribution in [3.63, 3.8) is 0 Å². The average molecular weight is 470 g/mol. The minimum Gasteiger partial charge on any atom is -0.478 e. The second kappa shape index (κ2) is 11.9. The first kappa shape index (κ1) is 25.7. The Morgan fingerprint density at radius 2 is 2.00 bits per heavy atom. The molecule has 34 heavy (non-hydrogen) atoms. The molecule has 0 aromatic heterocycles. The van der Waals surface area contributed by atoms with E-state index in [2.05, 4.69) is 10.0 Å². The highest BCUT2D eigenvalue weighted by atomic mass is 16.6. The minimum absolute atomic E-state index is 0.0246. The molecule has 0 saturated carbocycles. The number of carboxylic acid groups (broad SMARTS) is 1. The molecule has 1 aliphatic heterocycles. The lowest BCUT2D eigenvalue weighted by Crippen LogP contribution is -2.35. The zero-order valence-electron chi connectivity index (χ0n) is 18.5. The third-order valence-electron chi connectivity index (χ3n) is 4.99. The van der Waals surface area contributed by atoms with Gasteiger partial charge >= 0.3 is 11.9 Å². The number of hydrogen-bond donors (Lipinski definition) is 1. The maximum Gasteiger partial charge on any atom is 0.337 e. The summed E-state index contributed by atoms with van der Waals surface area (Å²) < 4.78 is 10.9. The molecule has 1 atom stereocenters. The topological polar surface area (TPSA) is 192 Å². The Labute approximate surface area is 194 Å². The van der Waals surface area contributed by atoms with Crippen molar-refractivity contribution >= 4 is 17.6 Å². The summed E-state index contributed by atoms with van der Waals surface area (Å²) in [7, 11) is 1.53. The fraction of sp³-hybridized carbons (Fsp3) is 0.381. The number of nitrogens with zero attached hydrogens (tertiary/aromatic N) is 6. The number of hydrogen-bond acceptors (Lipinski definition) is 9. The van der Waals surface area contributed by atoms with Gasteiger partial charge in [0, 0.05) is 29.8 Å². The number of nitro groups is 1. The molecule has 13 heteroatoms. The summed E-state index contributed by atoms with van der Waals surface area (Å²) in [4.78, 5) is 40.0. The number of aliphatic carboxylic acids is 1. The summed E-state index contributed by atoms with van der Waals surface area (Å²) in [6, 6.07) is 7.01. The van der Waals surface area contributed by atoms with E-state index in [1.54, 1.807) is 6.92 Å². The van der Waals surface area contributed by atoms with E-state index >= 15 is 0 Å². The molecule has 1 aromatic carbocycles. The number of azide groups is 1. The molecule has 0 fully saturated rings. The van der Waals surface area contributed by atoms with Crippen LogP contribution in [0.2, 0.25) is 0 Å². The smallest absolute Gasteiger partial charge is 0.337 e. The van der Waals surface area contributed by atoms with Gasteiger partial charge < -0.3 is 19.5 Å². The Balaban J connectivity index is 2.71. The van der Waals surface area contributed by atoms with Crippen molar-refractivity contribution in [2.24, 2.45) is 5.11 Å². The number of carbonyl (C=O) groups is 2. The van der Waals surface area contributed by atoms with Crippen LogP contribution in [-0.2, 0) is 19.1 Å². The standard InChI is InChI=1S/C21H22N6O7/c1-3-15-17(21(30)34-11-4-9-22)16(13-5-7-14(8-6-13)27(31)32)18(20(28)29)19(26(15)2)33-12-10-24-25-23/h5-8,16H,3-4,10-12H2,1-2H3,(H,28,29). The molecule has 0 saturated heterocycles. The maximum atomic E-state index is 13.1. The molecule has 0 bridgehead atoms. The minimum atomic E-state index is -1.38. The summed E-state index contributed by atoms with van der Waals surface area (Å²) in [5.74, 6) is -3.43. The zero-order valence-corrected chi connectivity index (χ0v) is 18.5. The number of carboxylic acids is 1. The number of nitriles is 1. The van der Waals surface area contributed by atoms with E-state index in [1.807, 2.05) is 6.07 Å². The van der Waals surface area contributed by atoms with E-state index < -0.39 is 22.8 Å². The van der Waals surface area contributed by atoms with Crippen LogP contribution in [0.5, 0.6) is 0 Å². The second-order valence-corrected chi connectivity index (χ2v) is 6.93. The van der Waals surface area contributed by atoms with Crippen molar-refractivity contribution in [3.05, 3.63) is 73.1 Å². The summed E-state index contributed by atoms with van der Waals surface area (Å²) >= 11 is 0. The van der Waals surface area contributed by atoms with Crippen molar-refractivity contribution < 1.29 is 29.1 Å². The molecule has 0 spiro atoms. The summed E-state index contributed by atoms with van der Waals surface area (Å²) in [5.41, 5.74) is 8.71. The lowest BCUT2D eigenvalue weighted by molar-refractivity contribution is -0.384. The predicted octanol–water partition coefficient (Wildman–Crippen LogP) is 3.37. The van der Waals surface area contributed by atoms with Crippen molar-refractivity contribution in [3.8, 4) is 6.07 Å². The van der Waals surface area contributed by atoms with Crippen LogP contribution in [0.3, 0.4) is 0 Å². The fourth-order valence-corrected chi connectivity index (χ4v) is 3.59. The Hall–Kier alpha value is -4.56. The Morgan fingerprint density at radius 1 is 1.32 bits per heavy atom. The molecule has 178 valence electrons. The fourth-order valence-electron chi connectivity index (χ4n) is 3.59. The second-order valence-electron chi connectivity index (χ2n) is 6.93. The first-order valence-corrected chi connectivity index (χ1v) is 10.1. The van der Waals surface area contributed by atoms with Crippen LogP contribution in [0.15, 0.2) is 52.1 Å². The highest BCUT2D eigenvalue weighted by Gasteiger charge is 2.42. The van der Waals surface area contributed by atoms with Crippen molar-refractivity contribution in [2.75, 3.05) is 26.8 Å². The number of carbonyl (C=O) groups excluding carboxylic acids is 1. The van der Waals surface area contributed by atoms with Crippen LogP contribution >= 0.6 is 0 Å². The van der Waals surface area contributed by atoms with Crippen LogP contribution in [0, 0.1) is 21.4 Å². The molecule has 1 heterocycles. The largest absolute Gasteiger partial charge is 0.478 e. The van der Waals surface area contributed by atoms with Crippen LogP contribution in [-0.4, -0.2) is 53.7 Å². The summed E-state index contributed by atoms with van der Waals surface area (Å²) in [6.07, 6.45) is 0.243. The summed E-state index contributed by atoms with van der Waals surface area (Å²) in [5, 5.41) is 33.3. The molecular weight excluding hydrogens is 448 g/mol. The number of allylic oxidation sites excluding steroid dienone is 1. The molecule has 1 unspecified atom stereocenters. The first-order valence-electron chi connectivity index (χ1n) is 10.1. The Bertz CT molecular complexity index is 1110. The van der Waals surface area contributed by atoms with Crippen molar-refractivity contribution in [1.82, 2.24) is 4.90 Å². The SMILES string of the molecule is CCC1=C(C(=O)OCCC#N)C(c2ccc([N+](=O)[O-])cc2)C(C(=O)O)=C(OCCN=[N+]=[N-])N1C. The lowest BCUT2D eigenvalue weighted by Gasteiger charge is -2.36. The number of nitro benzene ring substituents is 1. The van der Waals surface area contributed by atoms with Gasteiger partial charge in [-0.15, -0.1) is 0 Å². The number of non-ortho nitro benzene ring substituents is 1. The summed E-state index contributed by atoms with van der Waals surface area (Å²) in [6.45, 7) is 1.39. The van der Waals surface area contributed by atoms with E-state index in [9.17, 15) is 24.8 Å². The number of rotatable bonds is 11. The normalized spacial score (nSPS) is 15.3. The third kappa shape index (κ3) is 5.62. The van der Waals surface area contributed by atoms with E-state index in [0.29, 0.717) is 17.7 Å². The van der Waals surface area contributed by atoms with E-state index in [1.165, 1.54) is 36.2 Å². The molecule has 0 aliphatic carbocycles. The number of ether oxygens (including phenoxy) is 2. The molecule has 0 amide bonds. The molecule has 13 nitrogen and oxygen atoms in total. The van der Waals surface area contributed by atoms with Gasteiger partial charge in [0.15, 0.2) is 0 Å². The lowest BCUT2D eigenvalue weighted by atomic mass is 9.80. The number of esters is 1.